The molecule has 0 amide bonds. The maximum absolute atomic E-state index is 13.3. The van der Waals surface area contributed by atoms with Gasteiger partial charge in [-0.15, -0.1) is 0 Å². The van der Waals surface area contributed by atoms with E-state index >= 15 is 0 Å². The van der Waals surface area contributed by atoms with Crippen molar-refractivity contribution in [1.82, 2.24) is 4.98 Å². The molecule has 232 valence electrons. The van der Waals surface area contributed by atoms with Crippen molar-refractivity contribution in [1.29, 1.82) is 0 Å². The number of fused-ring (bicyclic) bond motifs is 3. The number of benzene rings is 2. The van der Waals surface area contributed by atoms with Crippen LogP contribution in [-0.4, -0.2) is 59.0 Å². The van der Waals surface area contributed by atoms with E-state index in [4.69, 9.17) is 18.9 Å². The van der Waals surface area contributed by atoms with Gasteiger partial charge in [0, 0.05) is 48.7 Å². The molecule has 2 aromatic carbocycles. The van der Waals surface area contributed by atoms with Gasteiger partial charge >= 0.3 is 5.97 Å². The summed E-state index contributed by atoms with van der Waals surface area (Å²) < 4.78 is 23.8. The Morgan fingerprint density at radius 2 is 1.98 bits per heavy atom. The van der Waals surface area contributed by atoms with Gasteiger partial charge in [0.15, 0.2) is 0 Å². The molecular formula is C35H39NO8. The van der Waals surface area contributed by atoms with Gasteiger partial charge in [0.2, 0.25) is 5.76 Å². The molecule has 44 heavy (non-hydrogen) atoms. The van der Waals surface area contributed by atoms with E-state index in [-0.39, 0.29) is 30.7 Å². The van der Waals surface area contributed by atoms with Crippen LogP contribution < -0.4 is 14.2 Å². The Kier molecular flexibility index (Phi) is 8.26. The Morgan fingerprint density at radius 3 is 2.75 bits per heavy atom. The average Bonchev–Trinajstić information content (AvgIpc) is 3.67. The summed E-state index contributed by atoms with van der Waals surface area (Å²) >= 11 is 0. The lowest BCUT2D eigenvalue weighted by molar-refractivity contribution is -0.141. The molecule has 0 saturated heterocycles. The molecule has 3 N–H and O–H groups in total. The maximum Gasteiger partial charge on any atom is 0.374 e. The van der Waals surface area contributed by atoms with Gasteiger partial charge in [0.25, 0.3) is 0 Å². The van der Waals surface area contributed by atoms with Crippen LogP contribution in [0.3, 0.4) is 0 Å². The minimum Gasteiger partial charge on any atom is -0.496 e. The molecule has 2 aliphatic heterocycles. The molecule has 3 aromatic rings. The highest BCUT2D eigenvalue weighted by Gasteiger charge is 2.42. The Labute approximate surface area is 256 Å². The van der Waals surface area contributed by atoms with E-state index in [9.17, 15) is 19.8 Å². The minimum absolute atomic E-state index is 0.0524. The van der Waals surface area contributed by atoms with Crippen molar-refractivity contribution in [3.63, 3.8) is 0 Å². The number of H-pyrrole nitrogens is 1. The second kappa shape index (κ2) is 12.1. The summed E-state index contributed by atoms with van der Waals surface area (Å²) in [5.41, 5.74) is 4.17. The normalized spacial score (nSPS) is 22.4. The molecule has 1 aliphatic carbocycles. The molecule has 0 bridgehead atoms. The van der Waals surface area contributed by atoms with Crippen LogP contribution in [-0.2, 0) is 20.7 Å². The number of ketones is 1. The third kappa shape index (κ3) is 5.50. The number of hydrogen-bond acceptors (Lipinski definition) is 8. The van der Waals surface area contributed by atoms with Crippen molar-refractivity contribution < 1.29 is 38.7 Å². The van der Waals surface area contributed by atoms with E-state index in [0.717, 1.165) is 33.2 Å². The molecule has 3 aliphatic rings. The Bertz CT molecular complexity index is 1660. The number of nitrogens with one attached hydrogen (secondary N) is 1. The van der Waals surface area contributed by atoms with Crippen molar-refractivity contribution in [2.24, 2.45) is 0 Å². The van der Waals surface area contributed by atoms with E-state index in [0.29, 0.717) is 67.8 Å². The van der Waals surface area contributed by atoms with Crippen molar-refractivity contribution in [3.05, 3.63) is 70.6 Å². The van der Waals surface area contributed by atoms with Crippen LogP contribution in [0.15, 0.2) is 53.9 Å². The number of aliphatic hydroxyl groups is 2. The number of unbranched alkanes of at least 4 members (excludes halogenated alkanes) is 1. The molecule has 1 saturated carbocycles. The number of allylic oxidation sites excluding steroid dienone is 3. The van der Waals surface area contributed by atoms with E-state index in [1.807, 2.05) is 24.4 Å². The predicted octanol–water partition coefficient (Wildman–Crippen LogP) is 5.52. The van der Waals surface area contributed by atoms with Crippen LogP contribution in [0, 0.1) is 0 Å². The summed E-state index contributed by atoms with van der Waals surface area (Å²) in [6.45, 7) is 3.76. The zero-order valence-electron chi connectivity index (χ0n) is 25.4. The summed E-state index contributed by atoms with van der Waals surface area (Å²) in [5.74, 6) is 0.829. The number of carbonyl (C=O) groups is 2. The second-order valence-electron chi connectivity index (χ2n) is 12.0. The first-order valence-electron chi connectivity index (χ1n) is 15.4. The Hall–Kier alpha value is -4.08. The fourth-order valence-corrected chi connectivity index (χ4v) is 6.68. The monoisotopic (exact) mass is 601 g/mol. The van der Waals surface area contributed by atoms with Crippen LogP contribution >= 0.6 is 0 Å². The van der Waals surface area contributed by atoms with Gasteiger partial charge in [-0.25, -0.2) is 4.79 Å². The van der Waals surface area contributed by atoms with Crippen molar-refractivity contribution in [3.8, 4) is 17.2 Å². The molecule has 9 nitrogen and oxygen atoms in total. The number of Topliss-reactive ketones (excluding diaryl/α,β-unsaturated/α-hetero) is 1. The van der Waals surface area contributed by atoms with Gasteiger partial charge in [-0.1, -0.05) is 11.6 Å². The molecule has 3 heterocycles. The summed E-state index contributed by atoms with van der Waals surface area (Å²) in [6.07, 6.45) is 6.65. The fraction of sp³-hybridized carbons (Fsp3) is 0.429. The summed E-state index contributed by atoms with van der Waals surface area (Å²) in [6, 6.07) is 9.83. The molecule has 1 fully saturated rings. The second-order valence-corrected chi connectivity index (χ2v) is 12.0. The molecule has 0 radical (unpaired) electrons. The summed E-state index contributed by atoms with van der Waals surface area (Å²) in [7, 11) is 1.59. The Balaban J connectivity index is 1.43. The average molecular weight is 602 g/mol. The number of aliphatic hydroxyl groups excluding tert-OH is 1. The number of hydrogen-bond donors (Lipinski definition) is 3. The minimum atomic E-state index is -1.13. The van der Waals surface area contributed by atoms with Crippen molar-refractivity contribution in [2.45, 2.75) is 76.4 Å². The zero-order chi connectivity index (χ0) is 31.0. The first kappa shape index (κ1) is 30.0. The van der Waals surface area contributed by atoms with Crippen LogP contribution in [0.25, 0.3) is 16.5 Å². The number of aromatic nitrogens is 1. The molecule has 1 aromatic heterocycles. The van der Waals surface area contributed by atoms with Crippen molar-refractivity contribution in [2.75, 3.05) is 20.3 Å². The quantitative estimate of drug-likeness (QED) is 0.216. The SMILES string of the molecule is CCOC(=O)C1=CC(=C2CCC(=O)C(c3ccc4[nH]ccc4c3)C2)c2c(cc3c(c2OC)CC(C(C)(O)CCCCO)O3)O1. The van der Waals surface area contributed by atoms with E-state index < -0.39 is 17.7 Å². The lowest BCUT2D eigenvalue weighted by Crippen LogP contribution is -2.42. The highest BCUT2D eigenvalue weighted by atomic mass is 16.6. The van der Waals surface area contributed by atoms with Gasteiger partial charge in [0.1, 0.15) is 29.1 Å². The lowest BCUT2D eigenvalue weighted by atomic mass is 9.77. The first-order chi connectivity index (χ1) is 21.2. The van der Waals surface area contributed by atoms with Crippen LogP contribution in [0.2, 0.25) is 0 Å². The maximum atomic E-state index is 13.3. The topological polar surface area (TPSA) is 127 Å². The van der Waals surface area contributed by atoms with Gasteiger partial charge in [-0.05, 0) is 86.7 Å². The van der Waals surface area contributed by atoms with Crippen LogP contribution in [0.4, 0.5) is 0 Å². The molecule has 9 heteroatoms. The molecule has 6 rings (SSSR count). The van der Waals surface area contributed by atoms with Gasteiger partial charge in [-0.2, -0.15) is 0 Å². The number of methoxy groups -OCH3 is 1. The highest BCUT2D eigenvalue weighted by Crippen LogP contribution is 2.52. The van der Waals surface area contributed by atoms with Gasteiger partial charge in [-0.3, -0.25) is 4.79 Å². The summed E-state index contributed by atoms with van der Waals surface area (Å²) in [5, 5.41) is 21.6. The van der Waals surface area contributed by atoms with E-state index in [1.54, 1.807) is 33.1 Å². The number of rotatable bonds is 9. The first-order valence-corrected chi connectivity index (χ1v) is 15.4. The number of ether oxygens (including phenoxy) is 4. The largest absolute Gasteiger partial charge is 0.496 e. The van der Waals surface area contributed by atoms with Crippen molar-refractivity contribution >= 4 is 28.2 Å². The number of aromatic amines is 1. The van der Waals surface area contributed by atoms with Crippen LogP contribution in [0.1, 0.15) is 75.0 Å². The van der Waals surface area contributed by atoms with E-state index in [1.165, 1.54) is 0 Å². The third-order valence-corrected chi connectivity index (χ3v) is 9.07. The highest BCUT2D eigenvalue weighted by molar-refractivity contribution is 5.98. The van der Waals surface area contributed by atoms with E-state index in [2.05, 4.69) is 11.1 Å². The predicted molar refractivity (Wildman–Crippen MR) is 165 cm³/mol. The van der Waals surface area contributed by atoms with Gasteiger partial charge in [0.05, 0.1) is 24.9 Å². The molecule has 3 unspecified atom stereocenters. The molecular weight excluding hydrogens is 562 g/mol. The smallest absolute Gasteiger partial charge is 0.374 e. The standard InChI is InChI=1S/C35H39NO8/c1-4-42-34(39)30-17-24(21-8-10-27(38)23(16-21)20-7-9-26-22(15-20)11-13-36-26)32-29(43-30)19-28-25(33(32)41-3)18-31(44-28)35(2,40)12-5-6-14-37/h7,9,11,13,15,17,19,23,31,36-37,40H,4-6,8,10,12,14,16,18H2,1-3H3. The lowest BCUT2D eigenvalue weighted by Gasteiger charge is -2.29. The zero-order valence-corrected chi connectivity index (χ0v) is 25.4. The molecule has 0 spiro atoms. The fourth-order valence-electron chi connectivity index (χ4n) is 6.68. The summed E-state index contributed by atoms with van der Waals surface area (Å²) in [4.78, 5) is 29.4. The number of esters is 1. The van der Waals surface area contributed by atoms with Crippen LogP contribution in [0.5, 0.6) is 17.2 Å². The van der Waals surface area contributed by atoms with Gasteiger partial charge < -0.3 is 34.1 Å². The third-order valence-electron chi connectivity index (χ3n) is 9.07. The number of carbonyl (C=O) groups excluding carboxylic acids is 2. The Morgan fingerprint density at radius 1 is 1.14 bits per heavy atom. The molecule has 3 atom stereocenters.